The molecule has 7 nitrogen and oxygen atoms in total. The van der Waals surface area contributed by atoms with Crippen molar-refractivity contribution in [2.45, 2.75) is 25.3 Å². The standard InChI is InChI=1S/C14H13N3O4/c18-13(10-6-16-11(7-15-10)14(19)20)17-9-2-1-3-12-8(9)4-5-21-12/h4-7,9H,1-3H2,(H,17,18)(H,19,20). The summed E-state index contributed by atoms with van der Waals surface area (Å²) in [6.07, 6.45) is 6.51. The molecular formula is C14H13N3O4. The fourth-order valence-corrected chi connectivity index (χ4v) is 2.42. The normalized spacial score (nSPS) is 17.0. The fourth-order valence-electron chi connectivity index (χ4n) is 2.42. The lowest BCUT2D eigenvalue weighted by Crippen LogP contribution is -2.31. The molecule has 108 valence electrons. The molecule has 2 aromatic heterocycles. The highest BCUT2D eigenvalue weighted by Crippen LogP contribution is 2.30. The van der Waals surface area contributed by atoms with Crippen LogP contribution in [-0.2, 0) is 6.42 Å². The molecule has 2 aromatic rings. The summed E-state index contributed by atoms with van der Waals surface area (Å²) in [7, 11) is 0. The van der Waals surface area contributed by atoms with E-state index in [0.29, 0.717) is 0 Å². The Morgan fingerprint density at radius 3 is 2.76 bits per heavy atom. The van der Waals surface area contributed by atoms with Crippen molar-refractivity contribution >= 4 is 11.9 Å². The van der Waals surface area contributed by atoms with Crippen molar-refractivity contribution in [1.29, 1.82) is 0 Å². The number of aryl methyl sites for hydroxylation is 1. The number of carbonyl (C=O) groups excluding carboxylic acids is 1. The Kier molecular flexibility index (Phi) is 3.39. The maximum atomic E-state index is 12.1. The molecule has 1 unspecified atom stereocenters. The molecule has 1 atom stereocenters. The van der Waals surface area contributed by atoms with E-state index in [1.807, 2.05) is 6.07 Å². The molecule has 0 saturated heterocycles. The largest absolute Gasteiger partial charge is 0.476 e. The molecule has 0 aliphatic heterocycles. The average molecular weight is 287 g/mol. The Morgan fingerprint density at radius 2 is 2.05 bits per heavy atom. The number of aromatic nitrogens is 2. The molecule has 7 heteroatoms. The third kappa shape index (κ3) is 2.62. The van der Waals surface area contributed by atoms with Crippen LogP contribution in [0.15, 0.2) is 29.1 Å². The second kappa shape index (κ2) is 5.35. The van der Waals surface area contributed by atoms with Gasteiger partial charge in [0, 0.05) is 12.0 Å². The molecule has 0 aromatic carbocycles. The monoisotopic (exact) mass is 287 g/mol. The number of amides is 1. The van der Waals surface area contributed by atoms with Gasteiger partial charge in [-0.15, -0.1) is 0 Å². The fraction of sp³-hybridized carbons (Fsp3) is 0.286. The summed E-state index contributed by atoms with van der Waals surface area (Å²) in [5, 5.41) is 11.6. The second-order valence-electron chi connectivity index (χ2n) is 4.81. The quantitative estimate of drug-likeness (QED) is 0.887. The molecule has 1 amide bonds. The van der Waals surface area contributed by atoms with Gasteiger partial charge in [0.2, 0.25) is 0 Å². The molecule has 0 fully saturated rings. The van der Waals surface area contributed by atoms with E-state index in [2.05, 4.69) is 15.3 Å². The summed E-state index contributed by atoms with van der Waals surface area (Å²) in [4.78, 5) is 30.3. The first kappa shape index (κ1) is 13.3. The van der Waals surface area contributed by atoms with Crippen LogP contribution in [0.5, 0.6) is 0 Å². The molecular weight excluding hydrogens is 274 g/mol. The predicted octanol–water partition coefficient (Wildman–Crippen LogP) is 1.58. The van der Waals surface area contributed by atoms with E-state index in [1.165, 1.54) is 0 Å². The zero-order chi connectivity index (χ0) is 14.8. The molecule has 0 bridgehead atoms. The highest BCUT2D eigenvalue weighted by molar-refractivity contribution is 5.93. The minimum atomic E-state index is -1.18. The summed E-state index contributed by atoms with van der Waals surface area (Å²) in [5.41, 5.74) is 0.890. The first-order valence-electron chi connectivity index (χ1n) is 6.57. The van der Waals surface area contributed by atoms with Crippen LogP contribution >= 0.6 is 0 Å². The summed E-state index contributed by atoms with van der Waals surface area (Å²) in [6, 6.07) is 1.75. The van der Waals surface area contributed by atoms with Crippen LogP contribution in [0.25, 0.3) is 0 Å². The molecule has 2 N–H and O–H groups in total. The van der Waals surface area contributed by atoms with Gasteiger partial charge in [-0.05, 0) is 18.9 Å². The highest BCUT2D eigenvalue weighted by Gasteiger charge is 2.24. The first-order valence-corrected chi connectivity index (χ1v) is 6.57. The summed E-state index contributed by atoms with van der Waals surface area (Å²) >= 11 is 0. The van der Waals surface area contributed by atoms with Gasteiger partial charge >= 0.3 is 5.97 Å². The van der Waals surface area contributed by atoms with Gasteiger partial charge in [0.05, 0.1) is 24.7 Å². The molecule has 0 spiro atoms. The smallest absolute Gasteiger partial charge is 0.356 e. The van der Waals surface area contributed by atoms with Crippen molar-refractivity contribution in [2.24, 2.45) is 0 Å². The Hall–Kier alpha value is -2.70. The number of furan rings is 1. The van der Waals surface area contributed by atoms with Crippen molar-refractivity contribution in [3.8, 4) is 0 Å². The van der Waals surface area contributed by atoms with Crippen LogP contribution in [0.1, 0.15) is 51.2 Å². The zero-order valence-corrected chi connectivity index (χ0v) is 11.1. The summed E-state index contributed by atoms with van der Waals surface area (Å²) in [6.45, 7) is 0. The first-order chi connectivity index (χ1) is 10.1. The average Bonchev–Trinajstić information content (AvgIpc) is 2.97. The number of carboxylic acid groups (broad SMARTS) is 1. The molecule has 3 rings (SSSR count). The number of hydrogen-bond donors (Lipinski definition) is 2. The Balaban J connectivity index is 1.74. The van der Waals surface area contributed by atoms with E-state index in [-0.39, 0.29) is 23.3 Å². The minimum Gasteiger partial charge on any atom is -0.476 e. The Bertz CT molecular complexity index is 678. The van der Waals surface area contributed by atoms with Gasteiger partial charge in [-0.2, -0.15) is 0 Å². The SMILES string of the molecule is O=C(O)c1cnc(C(=O)NC2CCCc3occc32)cn1. The maximum Gasteiger partial charge on any atom is 0.356 e. The van der Waals surface area contributed by atoms with E-state index in [9.17, 15) is 9.59 Å². The number of nitrogens with zero attached hydrogens (tertiary/aromatic N) is 2. The van der Waals surface area contributed by atoms with Gasteiger partial charge in [-0.25, -0.2) is 14.8 Å². The van der Waals surface area contributed by atoms with E-state index in [1.54, 1.807) is 6.26 Å². The number of nitrogens with one attached hydrogen (secondary N) is 1. The lowest BCUT2D eigenvalue weighted by Gasteiger charge is -2.22. The van der Waals surface area contributed by atoms with Crippen LogP contribution < -0.4 is 5.32 Å². The third-order valence-electron chi connectivity index (χ3n) is 3.46. The Morgan fingerprint density at radius 1 is 1.29 bits per heavy atom. The molecule has 0 radical (unpaired) electrons. The maximum absolute atomic E-state index is 12.1. The van der Waals surface area contributed by atoms with E-state index in [0.717, 1.165) is 43.0 Å². The number of rotatable bonds is 3. The molecule has 21 heavy (non-hydrogen) atoms. The van der Waals surface area contributed by atoms with Crippen LogP contribution in [-0.4, -0.2) is 27.0 Å². The molecule has 1 aliphatic carbocycles. The van der Waals surface area contributed by atoms with E-state index in [4.69, 9.17) is 9.52 Å². The van der Waals surface area contributed by atoms with Gasteiger partial charge in [0.1, 0.15) is 11.5 Å². The van der Waals surface area contributed by atoms with Gasteiger partial charge in [0.15, 0.2) is 5.69 Å². The summed E-state index contributed by atoms with van der Waals surface area (Å²) < 4.78 is 5.37. The van der Waals surface area contributed by atoms with Crippen LogP contribution in [0.3, 0.4) is 0 Å². The lowest BCUT2D eigenvalue weighted by molar-refractivity contribution is 0.0688. The highest BCUT2D eigenvalue weighted by atomic mass is 16.4. The predicted molar refractivity (Wildman–Crippen MR) is 70.8 cm³/mol. The number of carbonyl (C=O) groups is 2. The van der Waals surface area contributed by atoms with Crippen LogP contribution in [0.2, 0.25) is 0 Å². The molecule has 1 aliphatic rings. The van der Waals surface area contributed by atoms with Crippen molar-refractivity contribution in [3.05, 3.63) is 47.4 Å². The molecule has 0 saturated carbocycles. The second-order valence-corrected chi connectivity index (χ2v) is 4.81. The summed E-state index contributed by atoms with van der Waals surface area (Å²) in [5.74, 6) is -0.651. The third-order valence-corrected chi connectivity index (χ3v) is 3.46. The van der Waals surface area contributed by atoms with Gasteiger partial charge < -0.3 is 14.8 Å². The number of carboxylic acids is 1. The van der Waals surface area contributed by atoms with Crippen LogP contribution in [0.4, 0.5) is 0 Å². The minimum absolute atomic E-state index is 0.0932. The van der Waals surface area contributed by atoms with E-state index >= 15 is 0 Å². The Labute approximate surface area is 120 Å². The van der Waals surface area contributed by atoms with Crippen LogP contribution in [0, 0.1) is 0 Å². The zero-order valence-electron chi connectivity index (χ0n) is 11.1. The number of hydrogen-bond acceptors (Lipinski definition) is 5. The van der Waals surface area contributed by atoms with Gasteiger partial charge in [-0.3, -0.25) is 4.79 Å². The van der Waals surface area contributed by atoms with Crippen molar-refractivity contribution in [1.82, 2.24) is 15.3 Å². The topological polar surface area (TPSA) is 105 Å². The van der Waals surface area contributed by atoms with Crippen molar-refractivity contribution in [3.63, 3.8) is 0 Å². The number of aromatic carboxylic acids is 1. The molecule has 2 heterocycles. The van der Waals surface area contributed by atoms with Gasteiger partial charge in [0.25, 0.3) is 5.91 Å². The van der Waals surface area contributed by atoms with Gasteiger partial charge in [-0.1, -0.05) is 0 Å². The number of fused-ring (bicyclic) bond motifs is 1. The van der Waals surface area contributed by atoms with Crippen molar-refractivity contribution < 1.29 is 19.1 Å². The van der Waals surface area contributed by atoms with Crippen molar-refractivity contribution in [2.75, 3.05) is 0 Å². The lowest BCUT2D eigenvalue weighted by atomic mass is 9.93. The van der Waals surface area contributed by atoms with E-state index < -0.39 is 5.97 Å².